The van der Waals surface area contributed by atoms with Gasteiger partial charge in [-0.05, 0) is 30.3 Å². The average molecular weight is 412 g/mol. The minimum absolute atomic E-state index is 0.161. The van der Waals surface area contributed by atoms with Crippen LogP contribution in [0.5, 0.6) is 5.75 Å². The Labute approximate surface area is 161 Å². The zero-order valence-corrected chi connectivity index (χ0v) is 15.8. The summed E-state index contributed by atoms with van der Waals surface area (Å²) >= 11 is 12.0. The van der Waals surface area contributed by atoms with E-state index in [0.717, 1.165) is 5.41 Å². The first-order valence-electron chi connectivity index (χ1n) is 7.72. The molecular weight excluding hydrogens is 397 g/mol. The highest BCUT2D eigenvalue weighted by molar-refractivity contribution is 7.94. The molecule has 1 aliphatic heterocycles. The van der Waals surface area contributed by atoms with Gasteiger partial charge in [-0.3, -0.25) is 4.79 Å². The third kappa shape index (κ3) is 4.38. The predicted octanol–water partition coefficient (Wildman–Crippen LogP) is 3.72. The lowest BCUT2D eigenvalue weighted by atomic mass is 10.2. The number of sulfone groups is 1. The highest BCUT2D eigenvalue weighted by atomic mass is 35.5. The van der Waals surface area contributed by atoms with Crippen molar-refractivity contribution < 1.29 is 17.9 Å². The Morgan fingerprint density at radius 3 is 2.54 bits per heavy atom. The Balaban J connectivity index is 1.82. The number of para-hydroxylation sites is 1. The molecule has 0 aromatic heterocycles. The standard InChI is InChI=1S/C18H15Cl2NO4S/c19-13-6-7-16(20)17(10-13)25-11-18(22)21(14-4-2-1-3-5-14)15-8-9-26(23,24)12-15/h1-10,15H,11-12H2/t15-/m1/s1. The summed E-state index contributed by atoms with van der Waals surface area (Å²) in [4.78, 5) is 14.2. The van der Waals surface area contributed by atoms with Gasteiger partial charge in [0, 0.05) is 22.2 Å². The van der Waals surface area contributed by atoms with Crippen LogP contribution in [0, 0.1) is 0 Å². The minimum atomic E-state index is -3.32. The van der Waals surface area contributed by atoms with E-state index in [9.17, 15) is 13.2 Å². The average Bonchev–Trinajstić information content (AvgIpc) is 2.96. The number of carbonyl (C=O) groups is 1. The summed E-state index contributed by atoms with van der Waals surface area (Å²) in [6, 6.07) is 13.0. The van der Waals surface area contributed by atoms with E-state index in [-0.39, 0.29) is 24.0 Å². The summed E-state index contributed by atoms with van der Waals surface area (Å²) < 4.78 is 29.1. The van der Waals surface area contributed by atoms with Gasteiger partial charge in [0.25, 0.3) is 5.91 Å². The molecule has 0 bridgehead atoms. The van der Waals surface area contributed by atoms with Crippen LogP contribution in [0.3, 0.4) is 0 Å². The number of rotatable bonds is 5. The molecule has 26 heavy (non-hydrogen) atoms. The molecule has 3 rings (SSSR count). The van der Waals surface area contributed by atoms with Gasteiger partial charge in [0.2, 0.25) is 0 Å². The second-order valence-electron chi connectivity index (χ2n) is 5.69. The Morgan fingerprint density at radius 1 is 1.15 bits per heavy atom. The van der Waals surface area contributed by atoms with E-state index in [4.69, 9.17) is 27.9 Å². The second-order valence-corrected chi connectivity index (χ2v) is 8.46. The van der Waals surface area contributed by atoms with Crippen LogP contribution in [-0.2, 0) is 14.6 Å². The molecule has 1 aliphatic rings. The molecule has 1 atom stereocenters. The molecule has 0 N–H and O–H groups in total. The van der Waals surface area contributed by atoms with E-state index in [1.807, 2.05) is 6.07 Å². The summed E-state index contributed by atoms with van der Waals surface area (Å²) in [7, 11) is -3.32. The number of anilines is 1. The number of hydrogen-bond donors (Lipinski definition) is 0. The van der Waals surface area contributed by atoms with Gasteiger partial charge in [-0.1, -0.05) is 41.4 Å². The van der Waals surface area contributed by atoms with Crippen LogP contribution in [-0.4, -0.2) is 32.7 Å². The quantitative estimate of drug-likeness (QED) is 0.751. The normalized spacial score (nSPS) is 17.8. The maximum atomic E-state index is 12.8. The van der Waals surface area contributed by atoms with E-state index in [1.165, 1.54) is 17.0 Å². The van der Waals surface area contributed by atoms with Gasteiger partial charge in [-0.15, -0.1) is 0 Å². The van der Waals surface area contributed by atoms with Crippen LogP contribution in [0.2, 0.25) is 10.0 Å². The lowest BCUT2D eigenvalue weighted by molar-refractivity contribution is -0.120. The summed E-state index contributed by atoms with van der Waals surface area (Å²) in [5, 5.41) is 1.90. The van der Waals surface area contributed by atoms with Gasteiger partial charge in [0.15, 0.2) is 16.4 Å². The van der Waals surface area contributed by atoms with Crippen molar-refractivity contribution in [1.82, 2.24) is 0 Å². The predicted molar refractivity (Wildman–Crippen MR) is 103 cm³/mol. The van der Waals surface area contributed by atoms with E-state index >= 15 is 0 Å². The Bertz CT molecular complexity index is 945. The molecule has 0 fully saturated rings. The fourth-order valence-corrected chi connectivity index (χ4v) is 4.23. The number of halogens is 2. The molecule has 0 unspecified atom stereocenters. The first kappa shape index (κ1) is 18.8. The SMILES string of the molecule is O=C(COc1cc(Cl)ccc1Cl)N(c1ccccc1)[C@@H]1C=CS(=O)(=O)C1. The van der Waals surface area contributed by atoms with Crippen molar-refractivity contribution in [3.63, 3.8) is 0 Å². The zero-order valence-electron chi connectivity index (χ0n) is 13.5. The maximum absolute atomic E-state index is 12.8. The summed E-state index contributed by atoms with van der Waals surface area (Å²) in [5.74, 6) is -0.264. The highest BCUT2D eigenvalue weighted by Crippen LogP contribution is 2.28. The van der Waals surface area contributed by atoms with Crippen LogP contribution >= 0.6 is 23.2 Å². The summed E-state index contributed by atoms with van der Waals surface area (Å²) in [6.07, 6.45) is 1.51. The summed E-state index contributed by atoms with van der Waals surface area (Å²) in [5.41, 5.74) is 0.588. The Kier molecular flexibility index (Phi) is 5.55. The van der Waals surface area contributed by atoms with E-state index < -0.39 is 15.9 Å². The third-order valence-electron chi connectivity index (χ3n) is 3.79. The number of hydrogen-bond acceptors (Lipinski definition) is 4. The lowest BCUT2D eigenvalue weighted by Gasteiger charge is -2.27. The molecule has 0 saturated carbocycles. The highest BCUT2D eigenvalue weighted by Gasteiger charge is 2.31. The topological polar surface area (TPSA) is 63.7 Å². The van der Waals surface area contributed by atoms with Crippen molar-refractivity contribution in [2.24, 2.45) is 0 Å². The molecule has 1 amide bonds. The van der Waals surface area contributed by atoms with Gasteiger partial charge in [0.05, 0.1) is 16.8 Å². The van der Waals surface area contributed by atoms with Crippen LogP contribution < -0.4 is 9.64 Å². The van der Waals surface area contributed by atoms with Crippen molar-refractivity contribution in [3.05, 3.63) is 70.1 Å². The van der Waals surface area contributed by atoms with Gasteiger partial charge in [0.1, 0.15) is 5.75 Å². The first-order chi connectivity index (χ1) is 12.4. The molecular formula is C18H15Cl2NO4S. The first-order valence-corrected chi connectivity index (χ1v) is 10.2. The van der Waals surface area contributed by atoms with Gasteiger partial charge in [-0.25, -0.2) is 8.42 Å². The van der Waals surface area contributed by atoms with Crippen molar-refractivity contribution >= 4 is 44.6 Å². The molecule has 0 radical (unpaired) electrons. The molecule has 5 nitrogen and oxygen atoms in total. The zero-order chi connectivity index (χ0) is 18.7. The van der Waals surface area contributed by atoms with Crippen molar-refractivity contribution in [2.75, 3.05) is 17.3 Å². The molecule has 2 aromatic rings. The monoisotopic (exact) mass is 411 g/mol. The molecule has 136 valence electrons. The number of ether oxygens (including phenoxy) is 1. The minimum Gasteiger partial charge on any atom is -0.482 e. The third-order valence-corrected chi connectivity index (χ3v) is 5.72. The fourth-order valence-electron chi connectivity index (χ4n) is 2.63. The van der Waals surface area contributed by atoms with Crippen LogP contribution in [0.25, 0.3) is 0 Å². The fraction of sp³-hybridized carbons (Fsp3) is 0.167. The largest absolute Gasteiger partial charge is 0.482 e. The summed E-state index contributed by atoms with van der Waals surface area (Å²) in [6.45, 7) is -0.306. The molecule has 0 saturated heterocycles. The van der Waals surface area contributed by atoms with E-state index in [2.05, 4.69) is 0 Å². The van der Waals surface area contributed by atoms with Crippen LogP contribution in [0.4, 0.5) is 5.69 Å². The van der Waals surface area contributed by atoms with Gasteiger partial charge in [-0.2, -0.15) is 0 Å². The van der Waals surface area contributed by atoms with Gasteiger partial charge >= 0.3 is 0 Å². The molecule has 0 aliphatic carbocycles. The van der Waals surface area contributed by atoms with E-state index in [1.54, 1.807) is 36.4 Å². The van der Waals surface area contributed by atoms with Crippen molar-refractivity contribution in [1.29, 1.82) is 0 Å². The number of carbonyl (C=O) groups excluding carboxylic acids is 1. The number of benzene rings is 2. The van der Waals surface area contributed by atoms with E-state index in [0.29, 0.717) is 15.7 Å². The second kappa shape index (κ2) is 7.70. The molecule has 1 heterocycles. The van der Waals surface area contributed by atoms with Crippen molar-refractivity contribution in [3.8, 4) is 5.75 Å². The molecule has 0 spiro atoms. The maximum Gasteiger partial charge on any atom is 0.265 e. The number of nitrogens with zero attached hydrogens (tertiary/aromatic N) is 1. The van der Waals surface area contributed by atoms with Crippen molar-refractivity contribution in [2.45, 2.75) is 6.04 Å². The molecule has 2 aromatic carbocycles. The Hall–Kier alpha value is -2.02. The van der Waals surface area contributed by atoms with Crippen LogP contribution in [0.1, 0.15) is 0 Å². The molecule has 8 heteroatoms. The number of amides is 1. The Morgan fingerprint density at radius 2 is 1.88 bits per heavy atom. The van der Waals surface area contributed by atoms with Crippen LogP contribution in [0.15, 0.2) is 60.0 Å². The lowest BCUT2D eigenvalue weighted by Crippen LogP contribution is -2.43. The smallest absolute Gasteiger partial charge is 0.265 e. The van der Waals surface area contributed by atoms with Gasteiger partial charge < -0.3 is 9.64 Å².